The standard InChI is InChI=1S/C30H21Cl2FN2O6S/c1-2-40-29(39)24-25(17-6-4-3-5-7-17)34-30-35(26(24)18-8-10-19(33)11-9-18)28(38)22(42-30)14-16-12-20(31)27(21(32)13-16)41-15-23(36)37/h3-14,26H,2,15H2,1H3,(H,36,37)/b22-14-/t26-/m1/s1. The molecule has 12 heteroatoms. The van der Waals surface area contributed by atoms with Gasteiger partial charge in [-0.3, -0.25) is 9.36 Å². The highest BCUT2D eigenvalue weighted by atomic mass is 35.5. The van der Waals surface area contributed by atoms with Gasteiger partial charge >= 0.3 is 11.9 Å². The first-order valence-corrected chi connectivity index (χ1v) is 14.1. The maximum Gasteiger partial charge on any atom is 0.341 e. The Labute approximate surface area is 252 Å². The van der Waals surface area contributed by atoms with Crippen molar-refractivity contribution < 1.29 is 28.6 Å². The molecule has 42 heavy (non-hydrogen) atoms. The minimum Gasteiger partial charge on any atom is -0.479 e. The van der Waals surface area contributed by atoms with Gasteiger partial charge < -0.3 is 14.6 Å². The number of carbonyl (C=O) groups excluding carboxylic acids is 1. The van der Waals surface area contributed by atoms with Crippen LogP contribution in [-0.2, 0) is 14.3 Å². The van der Waals surface area contributed by atoms with Crippen LogP contribution in [0.2, 0.25) is 10.0 Å². The number of fused-ring (bicyclic) bond motifs is 1. The largest absolute Gasteiger partial charge is 0.479 e. The molecule has 1 atom stereocenters. The fraction of sp³-hybridized carbons (Fsp3) is 0.133. The average molecular weight is 627 g/mol. The lowest BCUT2D eigenvalue weighted by Gasteiger charge is -2.25. The Kier molecular flexibility index (Phi) is 8.58. The topological polar surface area (TPSA) is 107 Å². The van der Waals surface area contributed by atoms with E-state index in [1.54, 1.807) is 37.3 Å². The Hall–Kier alpha value is -4.25. The van der Waals surface area contributed by atoms with Crippen LogP contribution in [0, 0.1) is 5.82 Å². The molecule has 1 aliphatic heterocycles. The number of thiazole rings is 1. The van der Waals surface area contributed by atoms with E-state index in [9.17, 15) is 18.8 Å². The number of carboxylic acid groups (broad SMARTS) is 1. The predicted molar refractivity (Wildman–Crippen MR) is 157 cm³/mol. The number of hydrogen-bond donors (Lipinski definition) is 1. The molecule has 1 aliphatic rings. The molecular weight excluding hydrogens is 606 g/mol. The van der Waals surface area contributed by atoms with Gasteiger partial charge in [-0.15, -0.1) is 0 Å². The van der Waals surface area contributed by atoms with Crippen LogP contribution in [0.1, 0.15) is 29.7 Å². The van der Waals surface area contributed by atoms with Gasteiger partial charge in [0.05, 0.1) is 38.5 Å². The number of rotatable bonds is 8. The molecular formula is C30H21Cl2FN2O6S. The van der Waals surface area contributed by atoms with Crippen molar-refractivity contribution in [2.75, 3.05) is 13.2 Å². The van der Waals surface area contributed by atoms with Crippen LogP contribution in [0.25, 0.3) is 11.8 Å². The van der Waals surface area contributed by atoms with E-state index in [2.05, 4.69) is 0 Å². The van der Waals surface area contributed by atoms with Crippen LogP contribution in [0.4, 0.5) is 4.39 Å². The summed E-state index contributed by atoms with van der Waals surface area (Å²) in [4.78, 5) is 43.3. The number of carbonyl (C=O) groups is 2. The predicted octanol–water partition coefficient (Wildman–Crippen LogP) is 4.84. The van der Waals surface area contributed by atoms with Crippen molar-refractivity contribution in [3.8, 4) is 5.75 Å². The van der Waals surface area contributed by atoms with Gasteiger partial charge in [-0.1, -0.05) is 77.0 Å². The zero-order valence-corrected chi connectivity index (χ0v) is 24.2. The second-order valence-electron chi connectivity index (χ2n) is 8.98. The lowest BCUT2D eigenvalue weighted by Crippen LogP contribution is -2.40. The fourth-order valence-electron chi connectivity index (χ4n) is 4.49. The van der Waals surface area contributed by atoms with Gasteiger partial charge in [-0.2, -0.15) is 0 Å². The van der Waals surface area contributed by atoms with Crippen LogP contribution < -0.4 is 19.6 Å². The van der Waals surface area contributed by atoms with Crippen molar-refractivity contribution in [1.82, 2.24) is 4.57 Å². The summed E-state index contributed by atoms with van der Waals surface area (Å²) in [5.41, 5.74) is 1.59. The number of hydrogen-bond acceptors (Lipinski definition) is 7. The molecule has 214 valence electrons. The molecule has 0 fully saturated rings. The minimum absolute atomic E-state index is 0.00207. The van der Waals surface area contributed by atoms with E-state index in [1.165, 1.54) is 41.0 Å². The van der Waals surface area contributed by atoms with E-state index < -0.39 is 36.0 Å². The molecule has 0 spiro atoms. The summed E-state index contributed by atoms with van der Waals surface area (Å²) in [6.07, 6.45) is 1.56. The molecule has 5 rings (SSSR count). The second-order valence-corrected chi connectivity index (χ2v) is 10.8. The summed E-state index contributed by atoms with van der Waals surface area (Å²) in [6, 6.07) is 16.6. The summed E-state index contributed by atoms with van der Waals surface area (Å²) in [6.45, 7) is 1.14. The van der Waals surface area contributed by atoms with E-state index in [4.69, 9.17) is 42.8 Å². The molecule has 4 aromatic rings. The quantitative estimate of drug-likeness (QED) is 0.280. The summed E-state index contributed by atoms with van der Waals surface area (Å²) in [7, 11) is 0. The molecule has 3 aromatic carbocycles. The Morgan fingerprint density at radius 2 is 1.76 bits per heavy atom. The van der Waals surface area contributed by atoms with Gasteiger partial charge in [-0.05, 0) is 48.4 Å². The lowest BCUT2D eigenvalue weighted by atomic mass is 9.93. The number of nitrogens with zero attached hydrogens (tertiary/aromatic N) is 2. The molecule has 0 radical (unpaired) electrons. The summed E-state index contributed by atoms with van der Waals surface area (Å²) in [5.74, 6) is -2.32. The van der Waals surface area contributed by atoms with E-state index in [1.807, 2.05) is 6.07 Å². The molecule has 0 saturated heterocycles. The molecule has 1 N–H and O–H groups in total. The monoisotopic (exact) mass is 626 g/mol. The molecule has 0 unspecified atom stereocenters. The van der Waals surface area contributed by atoms with Gasteiger partial charge in [0.15, 0.2) is 17.2 Å². The Balaban J connectivity index is 1.74. The number of aromatic nitrogens is 1. The Morgan fingerprint density at radius 3 is 2.38 bits per heavy atom. The van der Waals surface area contributed by atoms with Crippen molar-refractivity contribution >= 4 is 58.3 Å². The van der Waals surface area contributed by atoms with Crippen LogP contribution in [0.3, 0.4) is 0 Å². The average Bonchev–Trinajstić information content (AvgIpc) is 3.26. The highest BCUT2D eigenvalue weighted by molar-refractivity contribution is 7.07. The normalized spacial score (nSPS) is 14.8. The van der Waals surface area contributed by atoms with Crippen LogP contribution in [-0.4, -0.2) is 34.8 Å². The third-order valence-electron chi connectivity index (χ3n) is 6.22. The first kappa shape index (κ1) is 29.2. The lowest BCUT2D eigenvalue weighted by molar-refractivity contribution is -0.140. The van der Waals surface area contributed by atoms with Crippen LogP contribution in [0.5, 0.6) is 5.75 Å². The summed E-state index contributed by atoms with van der Waals surface area (Å²) < 4.78 is 26.1. The van der Waals surface area contributed by atoms with Gasteiger partial charge in [0.2, 0.25) is 0 Å². The number of esters is 1. The molecule has 8 nitrogen and oxygen atoms in total. The highest BCUT2D eigenvalue weighted by Gasteiger charge is 2.35. The molecule has 0 saturated carbocycles. The summed E-state index contributed by atoms with van der Waals surface area (Å²) >= 11 is 13.7. The number of halogens is 3. The van der Waals surface area contributed by atoms with E-state index in [-0.39, 0.29) is 32.5 Å². The van der Waals surface area contributed by atoms with E-state index >= 15 is 0 Å². The minimum atomic E-state index is -1.19. The van der Waals surface area contributed by atoms with Gasteiger partial charge in [0, 0.05) is 5.56 Å². The third-order valence-corrected chi connectivity index (χ3v) is 7.76. The Bertz CT molecular complexity index is 1880. The van der Waals surface area contributed by atoms with Crippen LogP contribution >= 0.6 is 34.5 Å². The summed E-state index contributed by atoms with van der Waals surface area (Å²) in [5, 5.41) is 9.01. The number of carboxylic acids is 1. The first-order valence-electron chi connectivity index (χ1n) is 12.6. The maximum atomic E-state index is 13.9. The van der Waals surface area contributed by atoms with Crippen molar-refractivity contribution in [2.24, 2.45) is 4.99 Å². The molecule has 1 aromatic heterocycles. The van der Waals surface area contributed by atoms with Gasteiger partial charge in [0.1, 0.15) is 5.82 Å². The van der Waals surface area contributed by atoms with E-state index in [0.29, 0.717) is 27.2 Å². The van der Waals surface area contributed by atoms with Crippen molar-refractivity contribution in [2.45, 2.75) is 13.0 Å². The molecule has 2 heterocycles. The number of aliphatic carboxylic acids is 1. The van der Waals surface area contributed by atoms with Crippen molar-refractivity contribution in [1.29, 1.82) is 0 Å². The molecule has 0 bridgehead atoms. The molecule has 0 aliphatic carbocycles. The fourth-order valence-corrected chi connectivity index (χ4v) is 6.10. The molecule has 0 amide bonds. The van der Waals surface area contributed by atoms with Gasteiger partial charge in [0.25, 0.3) is 5.56 Å². The van der Waals surface area contributed by atoms with Gasteiger partial charge in [-0.25, -0.2) is 19.0 Å². The zero-order chi connectivity index (χ0) is 30.0. The van der Waals surface area contributed by atoms with Crippen molar-refractivity contribution in [3.63, 3.8) is 0 Å². The number of benzene rings is 3. The highest BCUT2D eigenvalue weighted by Crippen LogP contribution is 2.36. The van der Waals surface area contributed by atoms with Crippen molar-refractivity contribution in [3.05, 3.63) is 125 Å². The first-order chi connectivity index (χ1) is 20.2. The second kappa shape index (κ2) is 12.3. The van der Waals surface area contributed by atoms with Crippen LogP contribution in [0.15, 0.2) is 82.1 Å². The Morgan fingerprint density at radius 1 is 1.10 bits per heavy atom. The smallest absolute Gasteiger partial charge is 0.341 e. The number of ether oxygens (including phenoxy) is 2. The van der Waals surface area contributed by atoms with E-state index in [0.717, 1.165) is 11.3 Å². The maximum absolute atomic E-state index is 13.9. The third kappa shape index (κ3) is 5.87. The zero-order valence-electron chi connectivity index (χ0n) is 21.8. The SMILES string of the molecule is CCOC(=O)C1=C(c2ccccc2)N=c2s/c(=C\c3cc(Cl)c(OCC(=O)O)c(Cl)c3)c(=O)n2[C@@H]1c1ccc(F)cc1.